The van der Waals surface area contributed by atoms with E-state index in [1.165, 1.54) is 5.69 Å². The summed E-state index contributed by atoms with van der Waals surface area (Å²) in [5.74, 6) is 0.818. The van der Waals surface area contributed by atoms with Gasteiger partial charge in [0.25, 0.3) is 0 Å². The molecule has 0 aliphatic carbocycles. The second-order valence-electron chi connectivity index (χ2n) is 7.07. The molecule has 1 aromatic heterocycles. The lowest BCUT2D eigenvalue weighted by Gasteiger charge is -2.35. The van der Waals surface area contributed by atoms with E-state index in [0.29, 0.717) is 6.54 Å². The van der Waals surface area contributed by atoms with E-state index in [2.05, 4.69) is 57.4 Å². The Morgan fingerprint density at radius 1 is 1.07 bits per heavy atom. The molecule has 1 fully saturated rings. The minimum Gasteiger partial charge on any atom is -0.369 e. The first-order valence-corrected chi connectivity index (χ1v) is 10.4. The Labute approximate surface area is 173 Å². The molecule has 152 valence electrons. The van der Waals surface area contributed by atoms with Gasteiger partial charge in [-0.05, 0) is 38.2 Å². The quantitative estimate of drug-likeness (QED) is 0.552. The lowest BCUT2D eigenvalue weighted by Crippen LogP contribution is -2.44. The number of piperazine rings is 1. The minimum absolute atomic E-state index is 0.556. The molecule has 3 rings (SSSR count). The number of aliphatic imine (C=N–C) groups is 1. The van der Waals surface area contributed by atoms with Crippen LogP contribution in [0.5, 0.6) is 0 Å². The third kappa shape index (κ3) is 5.66. The summed E-state index contributed by atoms with van der Waals surface area (Å²) in [4.78, 5) is 9.58. The molecule has 0 amide bonds. The zero-order valence-corrected chi connectivity index (χ0v) is 17.6. The Morgan fingerprint density at radius 2 is 1.82 bits per heavy atom. The molecule has 7 heteroatoms. The Balaban J connectivity index is 1.67. The molecule has 0 saturated carbocycles. The van der Waals surface area contributed by atoms with Gasteiger partial charge < -0.3 is 25.0 Å². The zero-order valence-electron chi connectivity index (χ0n) is 16.9. The van der Waals surface area contributed by atoms with Crippen LogP contribution >= 0.6 is 11.6 Å². The van der Waals surface area contributed by atoms with Gasteiger partial charge in [0.2, 0.25) is 0 Å². The molecule has 0 spiro atoms. The van der Waals surface area contributed by atoms with E-state index >= 15 is 0 Å². The number of halogens is 1. The molecule has 1 saturated heterocycles. The van der Waals surface area contributed by atoms with Crippen LogP contribution in [0, 0.1) is 0 Å². The lowest BCUT2D eigenvalue weighted by atomic mass is 10.1. The van der Waals surface area contributed by atoms with Crippen LogP contribution in [0.25, 0.3) is 0 Å². The molecular formula is C21H31ClN6. The molecule has 2 aromatic rings. The Bertz CT molecular complexity index is 750. The van der Waals surface area contributed by atoms with Gasteiger partial charge in [-0.3, -0.25) is 0 Å². The van der Waals surface area contributed by atoms with Crippen LogP contribution in [0.4, 0.5) is 5.69 Å². The summed E-state index contributed by atoms with van der Waals surface area (Å²) in [6.45, 7) is 9.34. The van der Waals surface area contributed by atoms with Gasteiger partial charge in [-0.25, -0.2) is 4.99 Å². The largest absolute Gasteiger partial charge is 0.369 e. The van der Waals surface area contributed by atoms with Crippen molar-refractivity contribution in [2.45, 2.75) is 20.0 Å². The highest BCUT2D eigenvalue weighted by Crippen LogP contribution is 2.29. The number of anilines is 1. The van der Waals surface area contributed by atoms with Crippen molar-refractivity contribution in [1.82, 2.24) is 20.1 Å². The summed E-state index contributed by atoms with van der Waals surface area (Å²) in [6, 6.07) is 10.2. The maximum atomic E-state index is 6.56. The highest BCUT2D eigenvalue weighted by atomic mass is 35.5. The standard InChI is InChI=1S/C21H31ClN6/c1-3-23-21(24-9-12-27-10-4-5-11-27)25-17-18-19(22)7-6-8-20(18)28-15-13-26(2)14-16-28/h4-8,10-11H,3,9,12-17H2,1-2H3,(H2,23,24,25). The van der Waals surface area contributed by atoms with Crippen LogP contribution in [0.3, 0.4) is 0 Å². The van der Waals surface area contributed by atoms with Gasteiger partial charge in [-0.1, -0.05) is 17.7 Å². The van der Waals surface area contributed by atoms with Crippen molar-refractivity contribution in [2.75, 3.05) is 51.2 Å². The van der Waals surface area contributed by atoms with Crippen molar-refractivity contribution < 1.29 is 0 Å². The predicted octanol–water partition coefficient (Wildman–Crippen LogP) is 2.65. The van der Waals surface area contributed by atoms with E-state index in [1.54, 1.807) is 0 Å². The van der Waals surface area contributed by atoms with Gasteiger partial charge >= 0.3 is 0 Å². The van der Waals surface area contributed by atoms with E-state index in [4.69, 9.17) is 16.6 Å². The third-order valence-corrected chi connectivity index (χ3v) is 5.36. The van der Waals surface area contributed by atoms with Gasteiger partial charge in [0.1, 0.15) is 0 Å². The molecule has 0 unspecified atom stereocenters. The number of benzene rings is 1. The van der Waals surface area contributed by atoms with E-state index < -0.39 is 0 Å². The average Bonchev–Trinajstić information content (AvgIpc) is 3.21. The lowest BCUT2D eigenvalue weighted by molar-refractivity contribution is 0.312. The maximum Gasteiger partial charge on any atom is 0.191 e. The smallest absolute Gasteiger partial charge is 0.191 e. The first-order valence-electron chi connectivity index (χ1n) is 10.0. The molecular weight excluding hydrogens is 372 g/mol. The molecule has 28 heavy (non-hydrogen) atoms. The van der Waals surface area contributed by atoms with E-state index in [1.807, 2.05) is 24.3 Å². The van der Waals surface area contributed by atoms with Crippen molar-refractivity contribution in [1.29, 1.82) is 0 Å². The molecule has 0 atom stereocenters. The van der Waals surface area contributed by atoms with Crippen LogP contribution < -0.4 is 15.5 Å². The molecule has 0 bridgehead atoms. The normalized spacial score (nSPS) is 15.7. The van der Waals surface area contributed by atoms with Crippen LogP contribution in [-0.4, -0.2) is 61.7 Å². The average molecular weight is 403 g/mol. The zero-order chi connectivity index (χ0) is 19.8. The summed E-state index contributed by atoms with van der Waals surface area (Å²) in [5, 5.41) is 7.51. The van der Waals surface area contributed by atoms with Gasteiger partial charge in [-0.15, -0.1) is 0 Å². The molecule has 1 aromatic carbocycles. The monoisotopic (exact) mass is 402 g/mol. The summed E-state index contributed by atoms with van der Waals surface area (Å²) in [5.41, 5.74) is 2.30. The Hall–Kier alpha value is -2.18. The number of nitrogens with zero attached hydrogens (tertiary/aromatic N) is 4. The van der Waals surface area contributed by atoms with E-state index in [9.17, 15) is 0 Å². The van der Waals surface area contributed by atoms with Crippen LogP contribution in [0.15, 0.2) is 47.7 Å². The molecule has 1 aliphatic heterocycles. The number of nitrogens with one attached hydrogen (secondary N) is 2. The summed E-state index contributed by atoms with van der Waals surface area (Å²) >= 11 is 6.56. The highest BCUT2D eigenvalue weighted by molar-refractivity contribution is 6.31. The predicted molar refractivity (Wildman–Crippen MR) is 118 cm³/mol. The minimum atomic E-state index is 0.556. The topological polar surface area (TPSA) is 47.8 Å². The van der Waals surface area contributed by atoms with Crippen LogP contribution in [0.1, 0.15) is 12.5 Å². The number of hydrogen-bond donors (Lipinski definition) is 2. The van der Waals surface area contributed by atoms with Gasteiger partial charge in [0, 0.05) is 74.5 Å². The molecule has 2 heterocycles. The summed E-state index contributed by atoms with van der Waals surface area (Å²) in [6.07, 6.45) is 4.13. The van der Waals surface area contributed by atoms with Crippen molar-refractivity contribution >= 4 is 23.2 Å². The SMILES string of the molecule is CCNC(=NCc1c(Cl)cccc1N1CCN(C)CC1)NCCn1cccc1. The first-order chi connectivity index (χ1) is 13.7. The van der Waals surface area contributed by atoms with Gasteiger partial charge in [-0.2, -0.15) is 0 Å². The van der Waals surface area contributed by atoms with Crippen molar-refractivity contribution in [3.63, 3.8) is 0 Å². The summed E-state index contributed by atoms with van der Waals surface area (Å²) in [7, 11) is 2.17. The fourth-order valence-electron chi connectivity index (χ4n) is 3.37. The Kier molecular flexibility index (Phi) is 7.62. The molecule has 2 N–H and O–H groups in total. The van der Waals surface area contributed by atoms with E-state index in [-0.39, 0.29) is 0 Å². The Morgan fingerprint density at radius 3 is 2.54 bits per heavy atom. The van der Waals surface area contributed by atoms with Crippen molar-refractivity contribution in [2.24, 2.45) is 4.99 Å². The molecule has 0 radical (unpaired) electrons. The second kappa shape index (κ2) is 10.4. The number of guanidine groups is 1. The van der Waals surface area contributed by atoms with Crippen LogP contribution in [0.2, 0.25) is 5.02 Å². The fraction of sp³-hybridized carbons (Fsp3) is 0.476. The number of hydrogen-bond acceptors (Lipinski definition) is 3. The molecule has 1 aliphatic rings. The second-order valence-corrected chi connectivity index (χ2v) is 7.48. The fourth-order valence-corrected chi connectivity index (χ4v) is 3.60. The van der Waals surface area contributed by atoms with Crippen LogP contribution in [-0.2, 0) is 13.1 Å². The van der Waals surface area contributed by atoms with Crippen molar-refractivity contribution in [3.05, 3.63) is 53.3 Å². The van der Waals surface area contributed by atoms with E-state index in [0.717, 1.165) is 62.4 Å². The number of aromatic nitrogens is 1. The highest BCUT2D eigenvalue weighted by Gasteiger charge is 2.18. The first kappa shape index (κ1) is 20.6. The molecule has 6 nitrogen and oxygen atoms in total. The van der Waals surface area contributed by atoms with Crippen molar-refractivity contribution in [3.8, 4) is 0 Å². The van der Waals surface area contributed by atoms with Gasteiger partial charge in [0.05, 0.1) is 6.54 Å². The number of likely N-dealkylation sites (N-methyl/N-ethyl adjacent to an activating group) is 1. The maximum absolute atomic E-state index is 6.56. The number of rotatable bonds is 7. The van der Waals surface area contributed by atoms with Gasteiger partial charge in [0.15, 0.2) is 5.96 Å². The summed E-state index contributed by atoms with van der Waals surface area (Å²) < 4.78 is 2.15. The third-order valence-electron chi connectivity index (χ3n) is 5.01.